The van der Waals surface area contributed by atoms with Gasteiger partial charge in [-0.3, -0.25) is 4.31 Å². The van der Waals surface area contributed by atoms with Gasteiger partial charge in [0.05, 0.1) is 28.8 Å². The van der Waals surface area contributed by atoms with Gasteiger partial charge in [-0.1, -0.05) is 23.7 Å². The van der Waals surface area contributed by atoms with Gasteiger partial charge < -0.3 is 14.4 Å². The molecule has 0 bridgehead atoms. The molecule has 0 aliphatic carbocycles. The molecule has 39 heavy (non-hydrogen) atoms. The summed E-state index contributed by atoms with van der Waals surface area (Å²) >= 11 is 6.17. The third-order valence-corrected chi connectivity index (χ3v) is 9.58. The van der Waals surface area contributed by atoms with Crippen molar-refractivity contribution in [3.63, 3.8) is 0 Å². The first-order chi connectivity index (χ1) is 17.6. The average Bonchev–Trinajstić information content (AvgIpc) is 3.03. The second kappa shape index (κ2) is 9.08. The van der Waals surface area contributed by atoms with Gasteiger partial charge in [-0.2, -0.15) is 0 Å². The molecule has 4 rings (SSSR count). The Labute approximate surface area is 237 Å². The fourth-order valence-electron chi connectivity index (χ4n) is 5.90. The van der Waals surface area contributed by atoms with E-state index < -0.39 is 44.2 Å². The van der Waals surface area contributed by atoms with Gasteiger partial charge in [-0.25, -0.2) is 17.6 Å². The Balaban J connectivity index is 2.38. The maximum Gasteiger partial charge on any atom is 0.337 e. The number of rotatable bonds is 5. The summed E-state index contributed by atoms with van der Waals surface area (Å²) in [6.07, 6.45) is -0.399. The van der Waals surface area contributed by atoms with Crippen LogP contribution < -0.4 is 4.31 Å². The Kier molecular flexibility index (Phi) is 6.89. The first-order valence-electron chi connectivity index (χ1n) is 12.7. The third kappa shape index (κ3) is 4.41. The van der Waals surface area contributed by atoms with Crippen molar-refractivity contribution in [2.75, 3.05) is 10.6 Å². The number of benzene rings is 2. The third-order valence-electron chi connectivity index (χ3n) is 8.03. The van der Waals surface area contributed by atoms with Gasteiger partial charge in [0, 0.05) is 26.9 Å². The van der Waals surface area contributed by atoms with Crippen molar-refractivity contribution >= 4 is 75.6 Å². The minimum Gasteiger partial charge on any atom is -0.479 e. The van der Waals surface area contributed by atoms with E-state index in [2.05, 4.69) is 0 Å². The van der Waals surface area contributed by atoms with Crippen molar-refractivity contribution in [3.05, 3.63) is 51.9 Å². The van der Waals surface area contributed by atoms with E-state index in [1.165, 1.54) is 4.31 Å². The molecule has 1 atom stereocenters. The number of halogens is 2. The summed E-state index contributed by atoms with van der Waals surface area (Å²) < 4.78 is 52.8. The molecule has 0 fully saturated rings. The maximum absolute atomic E-state index is 16.6. The van der Waals surface area contributed by atoms with Gasteiger partial charge in [-0.15, -0.1) is 0 Å². The number of carboxylic acids is 1. The maximum atomic E-state index is 16.6. The lowest BCUT2D eigenvalue weighted by Crippen LogP contribution is -2.70. The molecule has 1 aromatic heterocycles. The van der Waals surface area contributed by atoms with Crippen LogP contribution >= 0.6 is 11.6 Å². The predicted octanol–water partition coefficient (Wildman–Crippen LogP) is 1.23. The van der Waals surface area contributed by atoms with E-state index in [-0.39, 0.29) is 16.6 Å². The van der Waals surface area contributed by atoms with Crippen molar-refractivity contribution < 1.29 is 27.4 Å². The number of anilines is 1. The van der Waals surface area contributed by atoms with Crippen LogP contribution in [-0.2, 0) is 24.9 Å². The molecule has 14 heteroatoms. The molecule has 1 aliphatic heterocycles. The highest BCUT2D eigenvalue weighted by Crippen LogP contribution is 2.53. The molecule has 0 amide bonds. The monoisotopic (exact) mass is 570 g/mol. The minimum atomic E-state index is -3.91. The van der Waals surface area contributed by atoms with Gasteiger partial charge in [0.1, 0.15) is 31.4 Å². The Morgan fingerprint density at radius 3 is 2.10 bits per heavy atom. The number of hydrogen-bond donors (Lipinski definition) is 1. The lowest BCUT2D eigenvalue weighted by atomic mass is 9.37. The van der Waals surface area contributed by atoms with Gasteiger partial charge in [0.15, 0.2) is 11.9 Å². The molecule has 1 aliphatic rings. The zero-order chi connectivity index (χ0) is 29.6. The number of ether oxygens (including phenoxy) is 1. The van der Waals surface area contributed by atoms with Gasteiger partial charge >= 0.3 is 5.97 Å². The molecule has 7 nitrogen and oxygen atoms in total. The standard InChI is InChI=1S/C25H32B4ClFN2O5S/c1-11-15(21(22(34)35)38-23(3,4)5)16(13-7-9-14(30)10-8-13)17-18(31)12(2)32-20(17)19(11)33(39(6,36)37)25(28,29)24(32,26)27/h7-10,21H,26-29H2,1-6H3,(H,34,35)/t21-/m0/s1. The summed E-state index contributed by atoms with van der Waals surface area (Å²) in [5, 5.41) is 9.12. The summed E-state index contributed by atoms with van der Waals surface area (Å²) in [4.78, 5) is 12.8. The van der Waals surface area contributed by atoms with Crippen molar-refractivity contribution in [2.45, 2.75) is 57.0 Å². The number of hydrogen-bond acceptors (Lipinski definition) is 4. The van der Waals surface area contributed by atoms with Crippen LogP contribution in [0.2, 0.25) is 5.02 Å². The highest BCUT2D eigenvalue weighted by Gasteiger charge is 2.53. The van der Waals surface area contributed by atoms with Crippen LogP contribution in [0.1, 0.15) is 43.7 Å². The fourth-order valence-corrected chi connectivity index (χ4v) is 7.64. The van der Waals surface area contributed by atoms with E-state index in [0.29, 0.717) is 32.9 Å². The molecule has 0 spiro atoms. The van der Waals surface area contributed by atoms with Crippen LogP contribution in [0.3, 0.4) is 0 Å². The largest absolute Gasteiger partial charge is 0.479 e. The quantitative estimate of drug-likeness (QED) is 0.467. The lowest BCUT2D eigenvalue weighted by Gasteiger charge is -2.55. The Morgan fingerprint density at radius 2 is 1.64 bits per heavy atom. The van der Waals surface area contributed by atoms with Crippen molar-refractivity contribution in [2.24, 2.45) is 0 Å². The highest BCUT2D eigenvalue weighted by atomic mass is 35.5. The number of aliphatic carboxylic acids is 1. The average molecular weight is 570 g/mol. The summed E-state index contributed by atoms with van der Waals surface area (Å²) in [6.45, 7) is 8.55. The van der Waals surface area contributed by atoms with Crippen molar-refractivity contribution in [1.82, 2.24) is 4.57 Å². The topological polar surface area (TPSA) is 88.8 Å². The summed E-state index contributed by atoms with van der Waals surface area (Å²) in [5.74, 6) is -1.82. The number of nitrogens with zero attached hydrogens (tertiary/aromatic N) is 2. The van der Waals surface area contributed by atoms with E-state index in [1.54, 1.807) is 74.6 Å². The van der Waals surface area contributed by atoms with Gasteiger partial charge in [0.25, 0.3) is 0 Å². The highest BCUT2D eigenvalue weighted by molar-refractivity contribution is 7.92. The van der Waals surface area contributed by atoms with E-state index >= 15 is 4.39 Å². The van der Waals surface area contributed by atoms with E-state index in [0.717, 1.165) is 6.26 Å². The SMILES string of the molecule is BC1(B)N(S(C)(=O)=O)c2c(C)c([C@H](OC(C)(C)C)C(=O)O)c(-c3ccc(Cl)cc3)c3c(F)c(C)n(c23)C1(B)B. The summed E-state index contributed by atoms with van der Waals surface area (Å²) in [7, 11) is 3.45. The Morgan fingerprint density at radius 1 is 1.10 bits per heavy atom. The molecule has 1 N–H and O–H groups in total. The van der Waals surface area contributed by atoms with Crippen LogP contribution in [0.25, 0.3) is 22.0 Å². The molecule has 0 saturated carbocycles. The minimum absolute atomic E-state index is 0.145. The zero-order valence-corrected chi connectivity index (χ0v) is 25.6. The second-order valence-corrected chi connectivity index (χ2v) is 14.6. The Bertz CT molecular complexity index is 1630. The van der Waals surface area contributed by atoms with Crippen LogP contribution in [0.15, 0.2) is 24.3 Å². The molecule has 204 valence electrons. The lowest BCUT2D eigenvalue weighted by molar-refractivity contribution is -0.160. The smallest absolute Gasteiger partial charge is 0.337 e. The molecule has 0 radical (unpaired) electrons. The van der Waals surface area contributed by atoms with Crippen LogP contribution in [-0.4, -0.2) is 72.6 Å². The molecular formula is C25H32B4ClFN2O5S. The van der Waals surface area contributed by atoms with Gasteiger partial charge in [0.2, 0.25) is 10.0 Å². The predicted molar refractivity (Wildman–Crippen MR) is 165 cm³/mol. The van der Waals surface area contributed by atoms with Crippen molar-refractivity contribution in [1.29, 1.82) is 0 Å². The fraction of sp³-hybridized carbons (Fsp3) is 0.400. The van der Waals surface area contributed by atoms with Crippen molar-refractivity contribution in [3.8, 4) is 11.1 Å². The molecule has 2 aromatic carbocycles. The van der Waals surface area contributed by atoms with Crippen LogP contribution in [0.5, 0.6) is 0 Å². The first kappa shape index (κ1) is 29.6. The first-order valence-corrected chi connectivity index (χ1v) is 14.9. The number of sulfonamides is 1. The van der Waals surface area contributed by atoms with E-state index in [4.69, 9.17) is 16.3 Å². The summed E-state index contributed by atoms with van der Waals surface area (Å²) in [5.41, 5.74) is 1.55. The molecular weight excluding hydrogens is 538 g/mol. The number of carboxylic acid groups (broad SMARTS) is 1. The molecule has 0 unspecified atom stereocenters. The zero-order valence-electron chi connectivity index (χ0n) is 24.0. The second-order valence-electron chi connectivity index (χ2n) is 12.3. The van der Waals surface area contributed by atoms with E-state index in [9.17, 15) is 18.3 Å². The number of carbonyl (C=O) groups is 1. The summed E-state index contributed by atoms with van der Waals surface area (Å²) in [6, 6.07) is 6.72. The molecule has 2 heterocycles. The number of aromatic nitrogens is 1. The normalized spacial score (nSPS) is 17.4. The molecule has 0 saturated heterocycles. The molecule has 3 aromatic rings. The van der Waals surface area contributed by atoms with Crippen LogP contribution in [0.4, 0.5) is 10.1 Å². The van der Waals surface area contributed by atoms with Crippen LogP contribution in [0, 0.1) is 19.7 Å². The Hall–Kier alpha value is -2.36. The van der Waals surface area contributed by atoms with Gasteiger partial charge in [-0.05, 0) is 63.2 Å². The van der Waals surface area contributed by atoms with E-state index in [1.807, 2.05) is 20.3 Å².